The van der Waals surface area contributed by atoms with Crippen LogP contribution in [0.1, 0.15) is 38.5 Å². The minimum Gasteiger partial charge on any atom is -0.480 e. The molecule has 3 unspecified atom stereocenters. The number of nitrogens with two attached hydrogens (primary N) is 4. The van der Waals surface area contributed by atoms with Crippen LogP contribution in [0.4, 0.5) is 0 Å². The summed E-state index contributed by atoms with van der Waals surface area (Å²) in [5, 5.41) is 16.6. The smallest absolute Gasteiger partial charge is 0.326 e. The van der Waals surface area contributed by atoms with E-state index in [1.54, 1.807) is 0 Å². The molecule has 0 aliphatic rings. The first-order chi connectivity index (χ1) is 15.6. The highest BCUT2D eigenvalue weighted by atomic mass is 32.2. The number of unbranched alkanes of at least 4 members (excludes halogenated alkanes) is 1. The van der Waals surface area contributed by atoms with Gasteiger partial charge in [0.05, 0.1) is 12.6 Å². The van der Waals surface area contributed by atoms with Crippen LogP contribution in [-0.2, 0) is 19.2 Å². The summed E-state index contributed by atoms with van der Waals surface area (Å²) in [5.41, 5.74) is 21.8. The van der Waals surface area contributed by atoms with Gasteiger partial charge >= 0.3 is 5.97 Å². The molecule has 33 heavy (non-hydrogen) atoms. The molecule has 0 heterocycles. The molecule has 0 spiro atoms. The Morgan fingerprint density at radius 2 is 1.67 bits per heavy atom. The van der Waals surface area contributed by atoms with Crippen molar-refractivity contribution in [2.45, 2.75) is 56.7 Å². The molecule has 0 fully saturated rings. The minimum absolute atomic E-state index is 0.0453. The average molecular weight is 491 g/mol. The van der Waals surface area contributed by atoms with Gasteiger partial charge in [-0.2, -0.15) is 11.8 Å². The fourth-order valence-electron chi connectivity index (χ4n) is 2.72. The predicted octanol–water partition coefficient (Wildman–Crippen LogP) is -2.58. The molecule has 13 nitrogen and oxygen atoms in total. The quantitative estimate of drug-likeness (QED) is 0.0566. The highest BCUT2D eigenvalue weighted by Crippen LogP contribution is 2.04. The molecule has 0 saturated heterocycles. The lowest BCUT2D eigenvalue weighted by atomic mass is 10.1. The van der Waals surface area contributed by atoms with E-state index in [4.69, 9.17) is 22.9 Å². The zero-order chi connectivity index (χ0) is 25.2. The topological polar surface area (TPSA) is 241 Å². The van der Waals surface area contributed by atoms with Crippen molar-refractivity contribution in [2.24, 2.45) is 27.9 Å². The fourth-order valence-corrected chi connectivity index (χ4v) is 3.19. The van der Waals surface area contributed by atoms with E-state index in [9.17, 15) is 24.3 Å². The van der Waals surface area contributed by atoms with E-state index < -0.39 is 48.4 Å². The number of carboxylic acids is 1. The maximum absolute atomic E-state index is 12.5. The van der Waals surface area contributed by atoms with Crippen LogP contribution in [0, 0.1) is 0 Å². The maximum atomic E-state index is 12.5. The van der Waals surface area contributed by atoms with Gasteiger partial charge in [-0.05, 0) is 57.1 Å². The molecule has 190 valence electrons. The number of hydrogen-bond acceptors (Lipinski definition) is 8. The second-order valence-corrected chi connectivity index (χ2v) is 8.34. The largest absolute Gasteiger partial charge is 0.480 e. The summed E-state index contributed by atoms with van der Waals surface area (Å²) in [6.07, 6.45) is 4.43. The summed E-state index contributed by atoms with van der Waals surface area (Å²) < 4.78 is 0. The molecule has 0 aromatic carbocycles. The Kier molecular flexibility index (Phi) is 16.5. The van der Waals surface area contributed by atoms with Crippen molar-refractivity contribution >= 4 is 41.4 Å². The first kappa shape index (κ1) is 30.4. The van der Waals surface area contributed by atoms with Gasteiger partial charge in [0.15, 0.2) is 5.96 Å². The molecule has 0 aromatic rings. The molecule has 3 atom stereocenters. The number of rotatable bonds is 18. The molecule has 0 aliphatic carbocycles. The SMILES string of the molecule is CSCCC(NC(=O)C(N)CCCN=C(N)N)C(=O)NCC(=O)NC(CCCCN)C(=O)O. The van der Waals surface area contributed by atoms with Crippen LogP contribution < -0.4 is 38.9 Å². The van der Waals surface area contributed by atoms with Crippen LogP contribution in [-0.4, -0.2) is 84.5 Å². The third-order valence-corrected chi connectivity index (χ3v) is 5.20. The summed E-state index contributed by atoms with van der Waals surface area (Å²) in [7, 11) is 0. The number of aliphatic carboxylic acids is 1. The van der Waals surface area contributed by atoms with E-state index >= 15 is 0 Å². The number of carboxylic acid groups (broad SMARTS) is 1. The van der Waals surface area contributed by atoms with Crippen LogP contribution in [0.5, 0.6) is 0 Å². The number of thioether (sulfide) groups is 1. The number of nitrogens with one attached hydrogen (secondary N) is 3. The molecule has 0 radical (unpaired) electrons. The van der Waals surface area contributed by atoms with Gasteiger partial charge in [-0.3, -0.25) is 19.4 Å². The lowest BCUT2D eigenvalue weighted by molar-refractivity contribution is -0.142. The summed E-state index contributed by atoms with van der Waals surface area (Å²) in [5.74, 6) is -2.32. The van der Waals surface area contributed by atoms with Gasteiger partial charge in [0.25, 0.3) is 0 Å². The summed E-state index contributed by atoms with van der Waals surface area (Å²) in [6.45, 7) is 0.341. The van der Waals surface area contributed by atoms with Gasteiger partial charge in [0.1, 0.15) is 12.1 Å². The Balaban J connectivity index is 4.72. The molecular formula is C19H38N8O5S. The van der Waals surface area contributed by atoms with Gasteiger partial charge in [-0.15, -0.1) is 0 Å². The van der Waals surface area contributed by atoms with Gasteiger partial charge in [-0.1, -0.05) is 0 Å². The van der Waals surface area contributed by atoms with Crippen molar-refractivity contribution in [3.8, 4) is 0 Å². The van der Waals surface area contributed by atoms with E-state index in [0.29, 0.717) is 50.9 Å². The molecule has 3 amide bonds. The molecule has 0 aromatic heterocycles. The van der Waals surface area contributed by atoms with E-state index in [0.717, 1.165) is 0 Å². The predicted molar refractivity (Wildman–Crippen MR) is 128 cm³/mol. The van der Waals surface area contributed by atoms with Gasteiger partial charge in [0.2, 0.25) is 17.7 Å². The number of nitrogens with zero attached hydrogens (tertiary/aromatic N) is 1. The standard InChI is InChI=1S/C19H38N8O5S/c1-33-10-7-13(27-16(29)12(21)5-4-9-24-19(22)23)17(30)25-11-15(28)26-14(18(31)32)6-2-3-8-20/h12-14H,2-11,20-21H2,1H3,(H,25,30)(H,26,28)(H,27,29)(H,31,32)(H4,22,23,24). The lowest BCUT2D eigenvalue weighted by Crippen LogP contribution is -2.53. The Morgan fingerprint density at radius 3 is 2.24 bits per heavy atom. The van der Waals surface area contributed by atoms with Crippen LogP contribution >= 0.6 is 11.8 Å². The monoisotopic (exact) mass is 490 g/mol. The number of carbonyl (C=O) groups is 4. The summed E-state index contributed by atoms with van der Waals surface area (Å²) in [6, 6.07) is -2.80. The Bertz CT molecular complexity index is 660. The van der Waals surface area contributed by atoms with E-state index in [-0.39, 0.29) is 12.4 Å². The summed E-state index contributed by atoms with van der Waals surface area (Å²) >= 11 is 1.49. The molecule has 0 bridgehead atoms. The van der Waals surface area contributed by atoms with E-state index in [1.807, 2.05) is 6.26 Å². The fraction of sp³-hybridized carbons (Fsp3) is 0.737. The van der Waals surface area contributed by atoms with Gasteiger partial charge in [-0.25, -0.2) is 4.79 Å². The number of amides is 3. The van der Waals surface area contributed by atoms with Gasteiger partial charge in [0, 0.05) is 6.54 Å². The second-order valence-electron chi connectivity index (χ2n) is 7.36. The van der Waals surface area contributed by atoms with E-state index in [1.165, 1.54) is 11.8 Å². The Labute approximate surface area is 198 Å². The van der Waals surface area contributed by atoms with Crippen molar-refractivity contribution in [2.75, 3.05) is 31.6 Å². The van der Waals surface area contributed by atoms with Crippen molar-refractivity contribution in [1.82, 2.24) is 16.0 Å². The zero-order valence-electron chi connectivity index (χ0n) is 19.0. The molecule has 12 N–H and O–H groups in total. The van der Waals surface area contributed by atoms with Crippen LogP contribution in [0.2, 0.25) is 0 Å². The van der Waals surface area contributed by atoms with Crippen molar-refractivity contribution in [3.05, 3.63) is 0 Å². The lowest BCUT2D eigenvalue weighted by Gasteiger charge is -2.21. The number of guanidine groups is 1. The number of hydrogen-bond donors (Lipinski definition) is 8. The van der Waals surface area contributed by atoms with Crippen LogP contribution in [0.3, 0.4) is 0 Å². The maximum Gasteiger partial charge on any atom is 0.326 e. The van der Waals surface area contributed by atoms with Crippen molar-refractivity contribution in [3.63, 3.8) is 0 Å². The zero-order valence-corrected chi connectivity index (χ0v) is 19.9. The van der Waals surface area contributed by atoms with Crippen molar-refractivity contribution < 1.29 is 24.3 Å². The molecular weight excluding hydrogens is 452 g/mol. The number of carbonyl (C=O) groups excluding carboxylic acids is 3. The third kappa shape index (κ3) is 15.0. The van der Waals surface area contributed by atoms with Crippen LogP contribution in [0.15, 0.2) is 4.99 Å². The molecule has 0 rings (SSSR count). The van der Waals surface area contributed by atoms with E-state index in [2.05, 4.69) is 20.9 Å². The second kappa shape index (κ2) is 17.9. The first-order valence-corrected chi connectivity index (χ1v) is 12.1. The highest BCUT2D eigenvalue weighted by molar-refractivity contribution is 7.98. The first-order valence-electron chi connectivity index (χ1n) is 10.7. The highest BCUT2D eigenvalue weighted by Gasteiger charge is 2.25. The molecule has 0 saturated carbocycles. The minimum atomic E-state index is -1.16. The average Bonchev–Trinajstić information content (AvgIpc) is 2.76. The van der Waals surface area contributed by atoms with Crippen LogP contribution in [0.25, 0.3) is 0 Å². The normalized spacial score (nSPS) is 13.3. The van der Waals surface area contributed by atoms with Crippen molar-refractivity contribution in [1.29, 1.82) is 0 Å². The third-order valence-electron chi connectivity index (χ3n) is 4.55. The summed E-state index contributed by atoms with van der Waals surface area (Å²) in [4.78, 5) is 52.1. The Morgan fingerprint density at radius 1 is 0.970 bits per heavy atom. The van der Waals surface area contributed by atoms with Gasteiger partial charge < -0.3 is 44.0 Å². The molecule has 0 aliphatic heterocycles. The number of aliphatic imine (C=N–C) groups is 1. The Hall–Kier alpha value is -2.58. The molecule has 14 heteroatoms.